The van der Waals surface area contributed by atoms with Crippen molar-refractivity contribution in [1.29, 1.82) is 0 Å². The number of amides is 1. The van der Waals surface area contributed by atoms with E-state index in [1.54, 1.807) is 6.08 Å². The van der Waals surface area contributed by atoms with E-state index in [4.69, 9.17) is 28.4 Å². The fourth-order valence-electron chi connectivity index (χ4n) is 11.0. The van der Waals surface area contributed by atoms with Crippen LogP contribution in [0.3, 0.4) is 0 Å². The summed E-state index contributed by atoms with van der Waals surface area (Å²) in [5, 5.41) is 120. The van der Waals surface area contributed by atoms with Gasteiger partial charge in [-0.05, 0) is 51.4 Å². The van der Waals surface area contributed by atoms with E-state index in [1.165, 1.54) is 161 Å². The Balaban J connectivity index is 1.32. The highest BCUT2D eigenvalue weighted by atomic mass is 16.8. The van der Waals surface area contributed by atoms with Gasteiger partial charge in [-0.3, -0.25) is 4.79 Å². The van der Waals surface area contributed by atoms with E-state index in [0.29, 0.717) is 12.8 Å². The summed E-state index contributed by atoms with van der Waals surface area (Å²) in [5.74, 6) is -0.288. The third kappa shape index (κ3) is 30.2. The molecule has 19 nitrogen and oxygen atoms in total. The van der Waals surface area contributed by atoms with Crippen LogP contribution < -0.4 is 5.32 Å². The van der Waals surface area contributed by atoms with Gasteiger partial charge in [0.1, 0.15) is 73.2 Å². The van der Waals surface area contributed by atoms with Gasteiger partial charge >= 0.3 is 0 Å². The number of hydrogen-bond donors (Lipinski definition) is 12. The summed E-state index contributed by atoms with van der Waals surface area (Å²) in [4.78, 5) is 13.3. The average Bonchev–Trinajstić information content (AvgIpc) is 3.43. The smallest absolute Gasteiger partial charge is 0.220 e. The first kappa shape index (κ1) is 75.3. The summed E-state index contributed by atoms with van der Waals surface area (Å²) in [6.07, 6.45) is 26.4. The van der Waals surface area contributed by atoms with Crippen molar-refractivity contribution in [2.75, 3.05) is 26.4 Å². The van der Waals surface area contributed by atoms with Crippen LogP contribution in [0, 0.1) is 0 Å². The number of aliphatic hydroxyl groups is 11. The van der Waals surface area contributed by atoms with Crippen molar-refractivity contribution in [2.45, 2.75) is 336 Å². The van der Waals surface area contributed by atoms with Gasteiger partial charge in [-0.15, -0.1) is 0 Å². The molecule has 19 heteroatoms. The van der Waals surface area contributed by atoms with Crippen molar-refractivity contribution in [3.05, 3.63) is 36.5 Å². The number of nitrogens with one attached hydrogen (secondary N) is 1. The lowest BCUT2D eigenvalue weighted by Crippen LogP contribution is -2.66. The number of rotatable bonds is 49. The van der Waals surface area contributed by atoms with E-state index in [2.05, 4.69) is 43.5 Å². The van der Waals surface area contributed by atoms with Crippen molar-refractivity contribution in [3.8, 4) is 0 Å². The van der Waals surface area contributed by atoms with Crippen molar-refractivity contribution in [3.63, 3.8) is 0 Å². The van der Waals surface area contributed by atoms with Crippen molar-refractivity contribution >= 4 is 5.91 Å². The maximum Gasteiger partial charge on any atom is 0.220 e. The number of aliphatic hydroxyl groups excluding tert-OH is 11. The van der Waals surface area contributed by atoms with E-state index in [-0.39, 0.29) is 18.9 Å². The van der Waals surface area contributed by atoms with Crippen LogP contribution >= 0.6 is 0 Å². The Hall–Kier alpha value is -1.99. The van der Waals surface area contributed by atoms with Gasteiger partial charge in [0.25, 0.3) is 0 Å². The van der Waals surface area contributed by atoms with Gasteiger partial charge in [0, 0.05) is 6.42 Å². The molecule has 0 aromatic heterocycles. The Kier molecular flexibility index (Phi) is 42.7. The van der Waals surface area contributed by atoms with Crippen LogP contribution in [0.4, 0.5) is 0 Å². The topological polar surface area (TPSA) is 307 Å². The van der Waals surface area contributed by atoms with Gasteiger partial charge in [0.2, 0.25) is 5.91 Å². The van der Waals surface area contributed by atoms with Crippen LogP contribution in [-0.2, 0) is 33.2 Å². The van der Waals surface area contributed by atoms with Crippen LogP contribution in [0.5, 0.6) is 0 Å². The number of unbranched alkanes of at least 4 members (excludes halogenated alkanes) is 29. The zero-order valence-corrected chi connectivity index (χ0v) is 50.9. The molecule has 0 aliphatic carbocycles. The van der Waals surface area contributed by atoms with E-state index in [1.807, 2.05) is 6.08 Å². The number of ether oxygens (including phenoxy) is 6. The Labute approximate surface area is 498 Å². The highest BCUT2D eigenvalue weighted by Crippen LogP contribution is 2.33. The van der Waals surface area contributed by atoms with Crippen LogP contribution in [0.2, 0.25) is 0 Å². The zero-order valence-electron chi connectivity index (χ0n) is 50.9. The molecule has 17 atom stereocenters. The van der Waals surface area contributed by atoms with E-state index < -0.39 is 124 Å². The molecule has 3 aliphatic heterocycles. The summed E-state index contributed by atoms with van der Waals surface area (Å²) in [5.41, 5.74) is 0. The standard InChI is InChI=1S/C64H117NO18/c1-3-5-7-9-11-12-13-14-15-16-17-18-19-20-21-22-23-24-25-26-27-28-29-30-31-32-33-34-36-38-40-42-52(70)65-47(48(69)41-39-37-35-10-8-6-4-2)46-78-62-58(76)55(73)60(50(44-67)80-62)83-64-59(77)56(74)61(51(45-68)81-64)82-63-57(75)54(72)53(71)49(43-66)79-63/h8,10,16-17,39,41,47-51,53-64,66-69,71-77H,3-7,9,11-15,18-38,40,42-46H2,1-2H3,(H,65,70)/b10-8+,17-16-,41-39+. The lowest BCUT2D eigenvalue weighted by molar-refractivity contribution is -0.379. The predicted octanol–water partition coefficient (Wildman–Crippen LogP) is 7.27. The summed E-state index contributed by atoms with van der Waals surface area (Å²) >= 11 is 0. The first-order valence-electron chi connectivity index (χ1n) is 32.7. The fourth-order valence-corrected chi connectivity index (χ4v) is 11.0. The molecular formula is C64H117NO18. The molecule has 0 aromatic rings. The zero-order chi connectivity index (χ0) is 60.5. The lowest BCUT2D eigenvalue weighted by Gasteiger charge is -2.48. The molecule has 12 N–H and O–H groups in total. The van der Waals surface area contributed by atoms with E-state index >= 15 is 0 Å². The number of allylic oxidation sites excluding steroid dienone is 5. The highest BCUT2D eigenvalue weighted by Gasteiger charge is 2.53. The molecule has 1 amide bonds. The Bertz CT molecular complexity index is 1660. The molecule has 3 rings (SSSR count). The Morgan fingerprint density at radius 2 is 0.795 bits per heavy atom. The normalized spacial score (nSPS) is 29.6. The molecule has 17 unspecified atom stereocenters. The molecule has 0 aromatic carbocycles. The lowest BCUT2D eigenvalue weighted by atomic mass is 9.96. The predicted molar refractivity (Wildman–Crippen MR) is 319 cm³/mol. The first-order valence-corrected chi connectivity index (χ1v) is 32.7. The maximum absolute atomic E-state index is 13.3. The van der Waals surface area contributed by atoms with Gasteiger partial charge in [0.05, 0.1) is 38.6 Å². The minimum Gasteiger partial charge on any atom is -0.394 e. The first-order chi connectivity index (χ1) is 40.3. The summed E-state index contributed by atoms with van der Waals surface area (Å²) in [6, 6.07) is -0.985. The molecule has 0 saturated carbocycles. The van der Waals surface area contributed by atoms with E-state index in [0.717, 1.165) is 38.5 Å². The van der Waals surface area contributed by atoms with Crippen molar-refractivity contribution in [1.82, 2.24) is 5.32 Å². The summed E-state index contributed by atoms with van der Waals surface area (Å²) in [7, 11) is 0. The number of carbonyl (C=O) groups excluding carboxylic acids is 1. The number of carbonyl (C=O) groups is 1. The van der Waals surface area contributed by atoms with Crippen LogP contribution in [-0.4, -0.2) is 193 Å². The van der Waals surface area contributed by atoms with Gasteiger partial charge < -0.3 is 89.9 Å². The Morgan fingerprint density at radius 3 is 1.25 bits per heavy atom. The fraction of sp³-hybridized carbons (Fsp3) is 0.891. The molecule has 3 saturated heterocycles. The van der Waals surface area contributed by atoms with Crippen molar-refractivity contribution in [2.24, 2.45) is 0 Å². The number of hydrogen-bond acceptors (Lipinski definition) is 18. The minimum atomic E-state index is -1.98. The van der Waals surface area contributed by atoms with Crippen LogP contribution in [0.15, 0.2) is 36.5 Å². The molecule has 3 heterocycles. The SMILES string of the molecule is CCC/C=C/CC/C=C/C(O)C(COC1OC(CO)C(OC2OC(CO)C(OC3OC(CO)C(O)C(O)C3O)C(O)C2O)C(O)C1O)NC(=O)CCCCCCCCCCCCCCCCCCCCC/C=C\CCCCCCCCCC. The van der Waals surface area contributed by atoms with Gasteiger partial charge in [0.15, 0.2) is 18.9 Å². The molecule has 0 bridgehead atoms. The van der Waals surface area contributed by atoms with Gasteiger partial charge in [-0.1, -0.05) is 211 Å². The van der Waals surface area contributed by atoms with E-state index in [9.17, 15) is 61.0 Å². The molecule has 486 valence electrons. The molecule has 3 aliphatic rings. The maximum atomic E-state index is 13.3. The Morgan fingerprint density at radius 1 is 0.422 bits per heavy atom. The molecular weight excluding hydrogens is 1070 g/mol. The van der Waals surface area contributed by atoms with Gasteiger partial charge in [-0.2, -0.15) is 0 Å². The molecule has 0 spiro atoms. The molecule has 83 heavy (non-hydrogen) atoms. The highest BCUT2D eigenvalue weighted by molar-refractivity contribution is 5.76. The quantitative estimate of drug-likeness (QED) is 0.0211. The second-order valence-corrected chi connectivity index (χ2v) is 23.6. The third-order valence-corrected chi connectivity index (χ3v) is 16.4. The van der Waals surface area contributed by atoms with Crippen LogP contribution in [0.25, 0.3) is 0 Å². The molecule has 3 fully saturated rings. The monoisotopic (exact) mass is 1190 g/mol. The second kappa shape index (κ2) is 47.1. The largest absolute Gasteiger partial charge is 0.394 e. The summed E-state index contributed by atoms with van der Waals surface area (Å²) in [6.45, 7) is 1.59. The van der Waals surface area contributed by atoms with Crippen molar-refractivity contribution < 1.29 is 89.4 Å². The summed E-state index contributed by atoms with van der Waals surface area (Å²) < 4.78 is 34.1. The van der Waals surface area contributed by atoms with Crippen LogP contribution in [0.1, 0.15) is 232 Å². The average molecular weight is 1190 g/mol. The third-order valence-electron chi connectivity index (χ3n) is 16.4. The molecule has 0 radical (unpaired) electrons. The minimum absolute atomic E-state index is 0.237. The van der Waals surface area contributed by atoms with Gasteiger partial charge in [-0.25, -0.2) is 0 Å². The second-order valence-electron chi connectivity index (χ2n) is 23.6.